The van der Waals surface area contributed by atoms with Crippen LogP contribution in [-0.4, -0.2) is 62.7 Å². The van der Waals surface area contributed by atoms with Gasteiger partial charge in [0.1, 0.15) is 11.4 Å². The summed E-state index contributed by atoms with van der Waals surface area (Å²) in [6.45, 7) is 2.25. The number of carboxylic acid groups (broad SMARTS) is 1. The molecule has 9 nitrogen and oxygen atoms in total. The number of likely N-dealkylation sites (tertiary alicyclic amines) is 1. The van der Waals surface area contributed by atoms with E-state index in [1.165, 1.54) is 0 Å². The van der Waals surface area contributed by atoms with Gasteiger partial charge in [-0.05, 0) is 18.4 Å². The molecule has 1 saturated heterocycles. The Labute approximate surface area is 211 Å². The van der Waals surface area contributed by atoms with E-state index in [9.17, 15) is 22.8 Å². The molecule has 1 atom stereocenters. The van der Waals surface area contributed by atoms with Crippen molar-refractivity contribution in [2.75, 3.05) is 13.1 Å². The summed E-state index contributed by atoms with van der Waals surface area (Å²) < 4.78 is 40.2. The number of piperidine rings is 1. The van der Waals surface area contributed by atoms with Crippen molar-refractivity contribution in [2.45, 2.75) is 63.1 Å². The molecule has 3 aliphatic rings. The molecule has 2 aliphatic heterocycles. The zero-order chi connectivity index (χ0) is 26.6. The van der Waals surface area contributed by atoms with E-state index >= 15 is 0 Å². The van der Waals surface area contributed by atoms with Gasteiger partial charge in [0, 0.05) is 50.8 Å². The van der Waals surface area contributed by atoms with Crippen LogP contribution >= 0.6 is 0 Å². The molecule has 1 spiro atoms. The molecule has 1 aromatic heterocycles. The molecule has 2 N–H and O–H groups in total. The maximum atomic E-state index is 12.9. The van der Waals surface area contributed by atoms with Crippen LogP contribution in [0.1, 0.15) is 43.5 Å². The molecule has 2 fully saturated rings. The summed E-state index contributed by atoms with van der Waals surface area (Å²) in [6, 6.07) is 9.87. The molecule has 1 aliphatic carbocycles. The number of carboxylic acids is 1. The molecule has 12 heteroatoms. The maximum Gasteiger partial charge on any atom is 0.490 e. The number of nitrogens with zero attached hydrogens (tertiary/aromatic N) is 3. The summed E-state index contributed by atoms with van der Waals surface area (Å²) in [5.74, 6) is -1.49. The number of hydrogen-bond acceptors (Lipinski definition) is 5. The summed E-state index contributed by atoms with van der Waals surface area (Å²) in [6.07, 6.45) is 2.59. The fourth-order valence-corrected chi connectivity index (χ4v) is 4.78. The Morgan fingerprint density at radius 1 is 1.14 bits per heavy atom. The third-order valence-corrected chi connectivity index (χ3v) is 7.04. The second-order valence-corrected chi connectivity index (χ2v) is 9.46. The number of amides is 2. The van der Waals surface area contributed by atoms with Gasteiger partial charge in [-0.25, -0.2) is 9.78 Å². The highest BCUT2D eigenvalue weighted by atomic mass is 19.4. The third-order valence-electron chi connectivity index (χ3n) is 7.04. The molecule has 1 unspecified atom stereocenters. The molecular formula is C25H29F3N4O5. The molecule has 200 valence electrons. The molecule has 0 radical (unpaired) electrons. The summed E-state index contributed by atoms with van der Waals surface area (Å²) in [5, 5.41) is 10.1. The zero-order valence-electron chi connectivity index (χ0n) is 20.1. The van der Waals surface area contributed by atoms with Gasteiger partial charge in [-0.3, -0.25) is 9.59 Å². The number of aliphatic carboxylic acids is 1. The number of ether oxygens (including phenoxy) is 1. The van der Waals surface area contributed by atoms with E-state index in [4.69, 9.17) is 14.6 Å². The molecule has 1 aromatic carbocycles. The van der Waals surface area contributed by atoms with Crippen molar-refractivity contribution < 1.29 is 37.4 Å². The maximum absolute atomic E-state index is 12.9. The van der Waals surface area contributed by atoms with E-state index in [0.29, 0.717) is 39.0 Å². The first-order valence-corrected chi connectivity index (χ1v) is 12.2. The molecule has 2 aromatic rings. The average Bonchev–Trinajstić information content (AvgIpc) is 3.32. The molecule has 3 heterocycles. The van der Waals surface area contributed by atoms with E-state index in [-0.39, 0.29) is 17.7 Å². The van der Waals surface area contributed by atoms with Crippen LogP contribution in [0.2, 0.25) is 0 Å². The number of imidazole rings is 1. The van der Waals surface area contributed by atoms with E-state index in [1.807, 2.05) is 46.0 Å². The van der Waals surface area contributed by atoms with Crippen molar-refractivity contribution in [3.05, 3.63) is 54.1 Å². The molecule has 5 rings (SSSR count). The SMILES string of the molecule is O=C(NCc1ccccc1)C1Cn2ccnc2C2(CCN(C(=O)C3CCC3)CC2)O1.O=C(O)C(F)(F)F. The van der Waals surface area contributed by atoms with Crippen molar-refractivity contribution in [1.82, 2.24) is 19.8 Å². The normalized spacial score (nSPS) is 20.7. The van der Waals surface area contributed by atoms with Crippen molar-refractivity contribution in [1.29, 1.82) is 0 Å². The van der Waals surface area contributed by atoms with Crippen LogP contribution in [0.25, 0.3) is 0 Å². The van der Waals surface area contributed by atoms with Gasteiger partial charge in [-0.15, -0.1) is 0 Å². The number of halogens is 3. The van der Waals surface area contributed by atoms with Crippen LogP contribution in [0.15, 0.2) is 42.7 Å². The number of benzene rings is 1. The number of fused-ring (bicyclic) bond motifs is 2. The zero-order valence-corrected chi connectivity index (χ0v) is 20.1. The van der Waals surface area contributed by atoms with Gasteiger partial charge < -0.3 is 24.6 Å². The van der Waals surface area contributed by atoms with Gasteiger partial charge in [0.2, 0.25) is 5.91 Å². The molecule has 0 bridgehead atoms. The van der Waals surface area contributed by atoms with Crippen LogP contribution < -0.4 is 5.32 Å². The van der Waals surface area contributed by atoms with Gasteiger partial charge >= 0.3 is 12.1 Å². The van der Waals surface area contributed by atoms with Crippen molar-refractivity contribution in [2.24, 2.45) is 5.92 Å². The van der Waals surface area contributed by atoms with Gasteiger partial charge in [0.05, 0.1) is 6.54 Å². The van der Waals surface area contributed by atoms with Crippen molar-refractivity contribution >= 4 is 17.8 Å². The van der Waals surface area contributed by atoms with Crippen LogP contribution in [0.5, 0.6) is 0 Å². The Morgan fingerprint density at radius 2 is 1.78 bits per heavy atom. The van der Waals surface area contributed by atoms with Gasteiger partial charge in [-0.1, -0.05) is 36.8 Å². The predicted octanol–water partition coefficient (Wildman–Crippen LogP) is 2.85. The smallest absolute Gasteiger partial charge is 0.475 e. The van der Waals surface area contributed by atoms with Crippen LogP contribution in [0.4, 0.5) is 13.2 Å². The van der Waals surface area contributed by atoms with Gasteiger partial charge in [-0.2, -0.15) is 13.2 Å². The van der Waals surface area contributed by atoms with E-state index in [2.05, 4.69) is 10.3 Å². The monoisotopic (exact) mass is 522 g/mol. The highest BCUT2D eigenvalue weighted by Crippen LogP contribution is 2.41. The molecule has 2 amide bonds. The van der Waals surface area contributed by atoms with Gasteiger partial charge in [0.25, 0.3) is 5.91 Å². The molecule has 1 saturated carbocycles. The van der Waals surface area contributed by atoms with Crippen LogP contribution in [0.3, 0.4) is 0 Å². The lowest BCUT2D eigenvalue weighted by molar-refractivity contribution is -0.192. The summed E-state index contributed by atoms with van der Waals surface area (Å²) in [4.78, 5) is 41.0. The number of aromatic nitrogens is 2. The Balaban J connectivity index is 0.000000405. The minimum absolute atomic E-state index is 0.106. The van der Waals surface area contributed by atoms with Crippen molar-refractivity contribution in [3.8, 4) is 0 Å². The Kier molecular flexibility index (Phi) is 7.86. The standard InChI is InChI=1S/C23H28N4O3.C2HF3O2/c28-20(25-15-17-5-2-1-3-6-17)19-16-27-14-11-24-22(27)23(30-19)9-12-26(13-10-23)21(29)18-7-4-8-18;3-2(4,5)1(6)7/h1-3,5-6,11,14,18-19H,4,7-10,12-13,15-16H2,(H,25,28);(H,6,7). The van der Waals surface area contributed by atoms with E-state index in [1.54, 1.807) is 6.20 Å². The fourth-order valence-electron chi connectivity index (χ4n) is 4.78. The Bertz CT molecular complexity index is 1110. The summed E-state index contributed by atoms with van der Waals surface area (Å²) in [7, 11) is 0. The van der Waals surface area contributed by atoms with E-state index < -0.39 is 23.9 Å². The highest BCUT2D eigenvalue weighted by molar-refractivity contribution is 5.81. The lowest BCUT2D eigenvalue weighted by Crippen LogP contribution is -2.55. The third kappa shape index (κ3) is 6.12. The number of nitrogens with one attached hydrogen (secondary N) is 1. The summed E-state index contributed by atoms with van der Waals surface area (Å²) in [5.41, 5.74) is 0.454. The minimum Gasteiger partial charge on any atom is -0.475 e. The fraction of sp³-hybridized carbons (Fsp3) is 0.520. The second kappa shape index (κ2) is 10.9. The van der Waals surface area contributed by atoms with Gasteiger partial charge in [0.15, 0.2) is 6.10 Å². The quantitative estimate of drug-likeness (QED) is 0.639. The molecule has 37 heavy (non-hydrogen) atoms. The lowest BCUT2D eigenvalue weighted by Gasteiger charge is -2.46. The highest BCUT2D eigenvalue weighted by Gasteiger charge is 2.48. The lowest BCUT2D eigenvalue weighted by atomic mass is 9.82. The average molecular weight is 523 g/mol. The van der Waals surface area contributed by atoms with Crippen LogP contribution in [-0.2, 0) is 37.8 Å². The van der Waals surface area contributed by atoms with E-state index in [0.717, 1.165) is 30.7 Å². The largest absolute Gasteiger partial charge is 0.490 e. The predicted molar refractivity (Wildman–Crippen MR) is 124 cm³/mol. The second-order valence-electron chi connectivity index (χ2n) is 9.46. The first-order valence-electron chi connectivity index (χ1n) is 12.2. The minimum atomic E-state index is -5.08. The molecular weight excluding hydrogens is 493 g/mol. The summed E-state index contributed by atoms with van der Waals surface area (Å²) >= 11 is 0. The first kappa shape index (κ1) is 26.6. The topological polar surface area (TPSA) is 114 Å². The number of carbonyl (C=O) groups is 3. The number of rotatable bonds is 4. The number of carbonyl (C=O) groups excluding carboxylic acids is 2. The number of alkyl halides is 3. The number of hydrogen-bond donors (Lipinski definition) is 2. The Hall–Kier alpha value is -3.41. The van der Waals surface area contributed by atoms with Crippen molar-refractivity contribution in [3.63, 3.8) is 0 Å². The van der Waals surface area contributed by atoms with Crippen LogP contribution in [0, 0.1) is 5.92 Å². The first-order chi connectivity index (χ1) is 17.6. The Morgan fingerprint density at radius 3 is 2.35 bits per heavy atom.